The number of carboxylic acid groups (broad SMARTS) is 1. The third-order valence-corrected chi connectivity index (χ3v) is 6.25. The summed E-state index contributed by atoms with van der Waals surface area (Å²) in [5.41, 5.74) is -0.454. The van der Waals surface area contributed by atoms with Crippen molar-refractivity contribution >= 4 is 46.0 Å². The molecule has 0 unspecified atom stereocenters. The molecule has 33 heavy (non-hydrogen) atoms. The molecule has 0 saturated carbocycles. The Balaban J connectivity index is 1.92. The third kappa shape index (κ3) is 4.00. The predicted molar refractivity (Wildman–Crippen MR) is 122 cm³/mol. The Morgan fingerprint density at radius 1 is 1.15 bits per heavy atom. The lowest BCUT2D eigenvalue weighted by atomic mass is 10.0. The van der Waals surface area contributed by atoms with Crippen molar-refractivity contribution in [3.05, 3.63) is 46.2 Å². The van der Waals surface area contributed by atoms with E-state index in [0.717, 1.165) is 0 Å². The van der Waals surface area contributed by atoms with Crippen molar-refractivity contribution in [1.29, 1.82) is 0 Å². The van der Waals surface area contributed by atoms with E-state index in [0.29, 0.717) is 12.4 Å². The molecule has 4 rings (SSSR count). The number of anilines is 1. The Morgan fingerprint density at radius 2 is 1.88 bits per heavy atom. The molecule has 1 fully saturated rings. The molecule has 11 heteroatoms. The molecule has 2 heterocycles. The van der Waals surface area contributed by atoms with Gasteiger partial charge in [0.15, 0.2) is 5.82 Å². The molecular formula is C22H20Cl2F2N4O3. The number of piperazine rings is 1. The van der Waals surface area contributed by atoms with Gasteiger partial charge in [-0.3, -0.25) is 0 Å². The van der Waals surface area contributed by atoms with Crippen LogP contribution in [-0.4, -0.2) is 58.4 Å². The van der Waals surface area contributed by atoms with Gasteiger partial charge >= 0.3 is 6.09 Å². The normalized spacial score (nSPS) is 18.6. The smallest absolute Gasteiger partial charge is 0.407 e. The Morgan fingerprint density at radius 3 is 2.55 bits per heavy atom. The van der Waals surface area contributed by atoms with Crippen molar-refractivity contribution < 1.29 is 23.4 Å². The maximum atomic E-state index is 15.8. The number of amides is 1. The average molecular weight is 497 g/mol. The van der Waals surface area contributed by atoms with E-state index < -0.39 is 17.7 Å². The molecule has 1 N–H and O–H groups in total. The lowest BCUT2D eigenvalue weighted by Gasteiger charge is -2.43. The number of rotatable bonds is 3. The first kappa shape index (κ1) is 23.3. The van der Waals surface area contributed by atoms with Gasteiger partial charge in [0.2, 0.25) is 5.28 Å². The molecule has 1 aliphatic rings. The molecule has 0 bridgehead atoms. The van der Waals surface area contributed by atoms with Crippen molar-refractivity contribution in [2.75, 3.05) is 25.1 Å². The number of nitrogens with zero attached hydrogens (tertiary/aromatic N) is 4. The highest BCUT2D eigenvalue weighted by molar-refractivity contribution is 6.34. The van der Waals surface area contributed by atoms with E-state index in [1.54, 1.807) is 6.92 Å². The number of fused-ring (bicyclic) bond motifs is 1. The van der Waals surface area contributed by atoms with E-state index in [2.05, 4.69) is 9.97 Å². The lowest BCUT2D eigenvalue weighted by molar-refractivity contribution is 0.114. The van der Waals surface area contributed by atoms with Gasteiger partial charge in [-0.1, -0.05) is 17.7 Å². The fourth-order valence-corrected chi connectivity index (χ4v) is 4.66. The monoisotopic (exact) mass is 496 g/mol. The average Bonchev–Trinajstić information content (AvgIpc) is 2.76. The van der Waals surface area contributed by atoms with Gasteiger partial charge in [0.25, 0.3) is 0 Å². The Labute approximate surface area is 198 Å². The molecule has 0 radical (unpaired) electrons. The molecule has 174 valence electrons. The summed E-state index contributed by atoms with van der Waals surface area (Å²) >= 11 is 12.6. The fourth-order valence-electron chi connectivity index (χ4n) is 4.21. The van der Waals surface area contributed by atoms with E-state index in [9.17, 15) is 14.3 Å². The molecule has 1 amide bonds. The number of methoxy groups -OCH3 is 1. The van der Waals surface area contributed by atoms with Gasteiger partial charge in [-0.25, -0.2) is 18.6 Å². The van der Waals surface area contributed by atoms with Crippen LogP contribution in [0.1, 0.15) is 13.8 Å². The number of carbonyl (C=O) groups is 1. The first-order chi connectivity index (χ1) is 15.6. The molecule has 1 aromatic heterocycles. The lowest BCUT2D eigenvalue weighted by Crippen LogP contribution is -2.58. The maximum absolute atomic E-state index is 15.8. The van der Waals surface area contributed by atoms with Gasteiger partial charge in [0.05, 0.1) is 17.7 Å². The van der Waals surface area contributed by atoms with Gasteiger partial charge in [0.1, 0.15) is 22.9 Å². The summed E-state index contributed by atoms with van der Waals surface area (Å²) in [6.45, 7) is 4.13. The highest BCUT2D eigenvalue weighted by Gasteiger charge is 2.34. The maximum Gasteiger partial charge on any atom is 0.407 e. The summed E-state index contributed by atoms with van der Waals surface area (Å²) in [6.07, 6.45) is -1.02. The summed E-state index contributed by atoms with van der Waals surface area (Å²) < 4.78 is 35.7. The van der Waals surface area contributed by atoms with E-state index in [-0.39, 0.29) is 56.7 Å². The SMILES string of the molecule is COc1cccc(F)c1-c1c(Cl)cc2c(N3C[C@@H](C)N(C(=O)O)C[C@@H]3C)nc(Cl)nc2c1F. The Hall–Kier alpha value is -2.91. The molecule has 2 atom stereocenters. The summed E-state index contributed by atoms with van der Waals surface area (Å²) in [7, 11) is 1.35. The second-order valence-corrected chi connectivity index (χ2v) is 8.61. The van der Waals surface area contributed by atoms with Crippen LogP contribution in [0.2, 0.25) is 10.3 Å². The fraction of sp³-hybridized carbons (Fsp3) is 0.318. The minimum absolute atomic E-state index is 0.0551. The van der Waals surface area contributed by atoms with Crippen molar-refractivity contribution in [3.8, 4) is 16.9 Å². The van der Waals surface area contributed by atoms with Gasteiger partial charge < -0.3 is 19.6 Å². The predicted octanol–water partition coefficient (Wildman–Crippen LogP) is 5.47. The third-order valence-electron chi connectivity index (χ3n) is 5.78. The molecule has 2 aromatic carbocycles. The molecule has 0 aliphatic carbocycles. The van der Waals surface area contributed by atoms with Crippen molar-refractivity contribution in [3.63, 3.8) is 0 Å². The van der Waals surface area contributed by atoms with Crippen LogP contribution in [0.5, 0.6) is 5.75 Å². The minimum Gasteiger partial charge on any atom is -0.496 e. The molecule has 1 aliphatic heterocycles. The number of aromatic nitrogens is 2. The van der Waals surface area contributed by atoms with Gasteiger partial charge in [-0.15, -0.1) is 0 Å². The highest BCUT2D eigenvalue weighted by atomic mass is 35.5. The number of hydrogen-bond donors (Lipinski definition) is 1. The van der Waals surface area contributed by atoms with Crippen molar-refractivity contribution in [2.24, 2.45) is 0 Å². The zero-order chi connectivity index (χ0) is 24.0. The van der Waals surface area contributed by atoms with Crippen molar-refractivity contribution in [1.82, 2.24) is 14.9 Å². The Bertz CT molecular complexity index is 1260. The number of hydrogen-bond acceptors (Lipinski definition) is 5. The van der Waals surface area contributed by atoms with Crippen LogP contribution < -0.4 is 9.64 Å². The van der Waals surface area contributed by atoms with Crippen LogP contribution in [0.3, 0.4) is 0 Å². The van der Waals surface area contributed by atoms with Gasteiger partial charge in [-0.2, -0.15) is 4.98 Å². The Kier molecular flexibility index (Phi) is 6.20. The summed E-state index contributed by atoms with van der Waals surface area (Å²) in [5.74, 6) is -1.14. The zero-order valence-corrected chi connectivity index (χ0v) is 19.5. The van der Waals surface area contributed by atoms with Crippen molar-refractivity contribution in [2.45, 2.75) is 25.9 Å². The van der Waals surface area contributed by atoms with E-state index in [4.69, 9.17) is 27.9 Å². The van der Waals surface area contributed by atoms with E-state index >= 15 is 4.39 Å². The second kappa shape index (κ2) is 8.79. The van der Waals surface area contributed by atoms with Crippen LogP contribution >= 0.6 is 23.2 Å². The first-order valence-electron chi connectivity index (χ1n) is 10.1. The second-order valence-electron chi connectivity index (χ2n) is 7.86. The molecular weight excluding hydrogens is 477 g/mol. The van der Waals surface area contributed by atoms with E-state index in [1.165, 1.54) is 36.3 Å². The number of benzene rings is 2. The standard InChI is InChI=1S/C22H20Cl2F2N4O3/c1-10-9-30(22(31)32)11(2)8-29(10)20-12-7-13(23)16(18(26)19(12)27-21(24)28-20)17-14(25)5-4-6-15(17)33-3/h4-7,10-11H,8-9H2,1-3H3,(H,31,32)/t10-,11+/m0/s1. The molecule has 0 spiro atoms. The molecule has 1 saturated heterocycles. The first-order valence-corrected chi connectivity index (χ1v) is 10.8. The zero-order valence-electron chi connectivity index (χ0n) is 17.9. The molecule has 7 nitrogen and oxygen atoms in total. The minimum atomic E-state index is -1.02. The highest BCUT2D eigenvalue weighted by Crippen LogP contribution is 2.43. The summed E-state index contributed by atoms with van der Waals surface area (Å²) in [6, 6.07) is 4.97. The van der Waals surface area contributed by atoms with Crippen LogP contribution in [0.15, 0.2) is 24.3 Å². The van der Waals surface area contributed by atoms with Crippen LogP contribution in [-0.2, 0) is 0 Å². The van der Waals surface area contributed by atoms with Gasteiger partial charge in [0, 0.05) is 36.1 Å². The topological polar surface area (TPSA) is 78.8 Å². The van der Waals surface area contributed by atoms with Gasteiger partial charge in [-0.05, 0) is 43.6 Å². The summed E-state index contributed by atoms with van der Waals surface area (Å²) in [4.78, 5) is 23.1. The molecule has 3 aromatic rings. The van der Waals surface area contributed by atoms with Crippen LogP contribution in [0, 0.1) is 11.6 Å². The largest absolute Gasteiger partial charge is 0.496 e. The van der Waals surface area contributed by atoms with Crippen LogP contribution in [0.4, 0.5) is 19.4 Å². The quantitative estimate of drug-likeness (QED) is 0.484. The van der Waals surface area contributed by atoms with Crippen LogP contribution in [0.25, 0.3) is 22.0 Å². The summed E-state index contributed by atoms with van der Waals surface area (Å²) in [5, 5.41) is 9.45. The van der Waals surface area contributed by atoms with E-state index in [1.807, 2.05) is 11.8 Å². The number of ether oxygens (including phenoxy) is 1. The number of halogens is 4.